The van der Waals surface area contributed by atoms with Gasteiger partial charge in [-0.05, 0) is 0 Å². The Balaban J connectivity index is -0.00000000167. The van der Waals surface area contributed by atoms with Crippen LogP contribution in [0.4, 0.5) is 0 Å². The number of hydrogen-bond acceptors (Lipinski definition) is 2. The van der Waals surface area contributed by atoms with Crippen molar-refractivity contribution in [2.75, 3.05) is 7.11 Å². The van der Waals surface area contributed by atoms with Gasteiger partial charge < -0.3 is 10.6 Å². The molecule has 0 amide bonds. The molecule has 4 heteroatoms. The zero-order chi connectivity index (χ0) is 2.00. The molecule has 0 aromatic carbocycles. The van der Waals surface area contributed by atoms with Crippen LogP contribution in [0.3, 0.4) is 0 Å². The fourth-order valence-corrected chi connectivity index (χ4v) is 0. The number of rotatable bonds is 0. The van der Waals surface area contributed by atoms with Crippen molar-refractivity contribution >= 4 is 0 Å². The van der Waals surface area contributed by atoms with E-state index in [0.717, 1.165) is 7.11 Å². The van der Waals surface area contributed by atoms with Gasteiger partial charge in [0.25, 0.3) is 0 Å². The molecule has 0 unspecified atom stereocenters. The molecule has 0 rings (SSSR count). The van der Waals surface area contributed by atoms with Crippen molar-refractivity contribution in [3.05, 3.63) is 0 Å². The van der Waals surface area contributed by atoms with E-state index in [-0.39, 0.29) is 108 Å². The summed E-state index contributed by atoms with van der Waals surface area (Å²) >= 11 is 0. The minimum absolute atomic E-state index is 0. The fourth-order valence-electron chi connectivity index (χ4n) is 0. The first-order valence-electron chi connectivity index (χ1n) is 0.408. The van der Waals surface area contributed by atoms with E-state index < -0.39 is 0 Å². The van der Waals surface area contributed by atoms with Crippen molar-refractivity contribution in [3.8, 4) is 0 Å². The summed E-state index contributed by atoms with van der Waals surface area (Å²) in [6.45, 7) is 0. The maximum Gasteiger partial charge on any atom is 1.00 e. The van der Waals surface area contributed by atoms with Crippen LogP contribution >= 0.6 is 0 Å². The van der Waals surface area contributed by atoms with Gasteiger partial charge in [0.1, 0.15) is 0 Å². The summed E-state index contributed by atoms with van der Waals surface area (Å²) < 4.78 is 0. The molecule has 0 aromatic heterocycles. The topological polar surface area (TPSA) is 53.1 Å². The summed E-state index contributed by atoms with van der Waals surface area (Å²) in [7, 11) is 0.750. The predicted molar refractivity (Wildman–Crippen MR) is 7.86 cm³/mol. The van der Waals surface area contributed by atoms with E-state index >= 15 is 0 Å². The smallest absolute Gasteiger partial charge is 0.870 e. The summed E-state index contributed by atoms with van der Waals surface area (Å²) in [6.07, 6.45) is 0. The summed E-state index contributed by atoms with van der Waals surface area (Å²) in [4.78, 5) is 0. The zero-order valence-electron chi connectivity index (χ0n) is 3.86. The van der Waals surface area contributed by atoms with E-state index in [2.05, 4.69) is 0 Å². The molecular formula is CH4K2O2. The minimum Gasteiger partial charge on any atom is -0.870 e. The standard InChI is InChI=1S/CH3O.2K.H2O/c1-2;;;/h1H3;;;1H2/q-1;2*+1;/p-1. The molecule has 0 fully saturated rings. The van der Waals surface area contributed by atoms with Gasteiger partial charge in [0.2, 0.25) is 0 Å². The van der Waals surface area contributed by atoms with Crippen LogP contribution in [0, 0.1) is 0 Å². The van der Waals surface area contributed by atoms with Crippen LogP contribution in [0.25, 0.3) is 0 Å². The largest absolute Gasteiger partial charge is 1.00 e. The van der Waals surface area contributed by atoms with Crippen LogP contribution in [0.1, 0.15) is 0 Å². The molecule has 0 radical (unpaired) electrons. The van der Waals surface area contributed by atoms with Crippen LogP contribution in [0.5, 0.6) is 0 Å². The van der Waals surface area contributed by atoms with Gasteiger partial charge in [-0.3, -0.25) is 0 Å². The number of hydrogen-bond donors (Lipinski definition) is 0. The average Bonchev–Trinajstić information content (AvgIpc) is 1.00. The summed E-state index contributed by atoms with van der Waals surface area (Å²) in [5, 5.41) is 8.25. The van der Waals surface area contributed by atoms with E-state index in [0.29, 0.717) is 0 Å². The van der Waals surface area contributed by atoms with Crippen molar-refractivity contribution in [1.82, 2.24) is 0 Å². The molecule has 22 valence electrons. The molecule has 0 atom stereocenters. The van der Waals surface area contributed by atoms with Crippen molar-refractivity contribution in [2.24, 2.45) is 0 Å². The summed E-state index contributed by atoms with van der Waals surface area (Å²) in [5.41, 5.74) is 0. The van der Waals surface area contributed by atoms with Gasteiger partial charge in [0, 0.05) is 0 Å². The predicted octanol–water partition coefficient (Wildman–Crippen LogP) is -7.19. The Bertz CT molecular complexity index is 7.61. The maximum absolute atomic E-state index is 8.25. The van der Waals surface area contributed by atoms with Crippen LogP contribution in [-0.2, 0) is 0 Å². The normalized spacial score (nSPS) is 1.20. The average molecular weight is 126 g/mol. The molecule has 0 aliphatic heterocycles. The quantitative estimate of drug-likeness (QED) is 0.303. The van der Waals surface area contributed by atoms with E-state index in [1.165, 1.54) is 0 Å². The molecule has 5 heavy (non-hydrogen) atoms. The van der Waals surface area contributed by atoms with Crippen molar-refractivity contribution in [2.45, 2.75) is 0 Å². The molecule has 0 saturated heterocycles. The van der Waals surface area contributed by atoms with Gasteiger partial charge in [-0.2, -0.15) is 7.11 Å². The van der Waals surface area contributed by atoms with Crippen LogP contribution < -0.4 is 108 Å². The third-order valence-corrected chi connectivity index (χ3v) is 0. The van der Waals surface area contributed by atoms with Gasteiger partial charge in [-0.25, -0.2) is 0 Å². The molecule has 0 saturated carbocycles. The molecule has 0 aliphatic rings. The first-order chi connectivity index (χ1) is 1.00. The third-order valence-electron chi connectivity index (χ3n) is 0. The van der Waals surface area contributed by atoms with Gasteiger partial charge in [-0.1, -0.05) is 0 Å². The summed E-state index contributed by atoms with van der Waals surface area (Å²) in [6, 6.07) is 0. The van der Waals surface area contributed by atoms with Gasteiger partial charge >= 0.3 is 103 Å². The van der Waals surface area contributed by atoms with Crippen molar-refractivity contribution in [3.63, 3.8) is 0 Å². The van der Waals surface area contributed by atoms with Crippen LogP contribution in [-0.4, -0.2) is 12.6 Å². The third kappa shape index (κ3) is 19.0. The van der Waals surface area contributed by atoms with E-state index in [4.69, 9.17) is 5.11 Å². The fraction of sp³-hybridized carbons (Fsp3) is 1.00. The van der Waals surface area contributed by atoms with Crippen molar-refractivity contribution < 1.29 is 113 Å². The molecule has 0 aliphatic carbocycles. The van der Waals surface area contributed by atoms with Crippen LogP contribution in [0.15, 0.2) is 0 Å². The van der Waals surface area contributed by atoms with Crippen LogP contribution in [0.2, 0.25) is 0 Å². The molecule has 1 N–H and O–H groups in total. The molecule has 0 heterocycles. The second-order valence-electron chi connectivity index (χ2n) is 0. The Morgan fingerprint density at radius 1 is 1.00 bits per heavy atom. The Morgan fingerprint density at radius 2 is 1.00 bits per heavy atom. The van der Waals surface area contributed by atoms with Gasteiger partial charge in [0.05, 0.1) is 0 Å². The maximum atomic E-state index is 8.25. The Labute approximate surface area is 117 Å². The minimum atomic E-state index is 0. The van der Waals surface area contributed by atoms with E-state index in [1.54, 1.807) is 0 Å². The second kappa shape index (κ2) is 27.1. The molecule has 0 spiro atoms. The van der Waals surface area contributed by atoms with E-state index in [9.17, 15) is 0 Å². The molecule has 2 nitrogen and oxygen atoms in total. The molecule has 0 aromatic rings. The second-order valence-corrected chi connectivity index (χ2v) is 0. The van der Waals surface area contributed by atoms with Gasteiger partial charge in [0.15, 0.2) is 0 Å². The van der Waals surface area contributed by atoms with E-state index in [1.807, 2.05) is 0 Å². The Kier molecular flexibility index (Phi) is 130. The zero-order valence-corrected chi connectivity index (χ0v) is 10.1. The van der Waals surface area contributed by atoms with Gasteiger partial charge in [-0.15, -0.1) is 0 Å². The molecule has 0 bridgehead atoms. The Hall–Kier alpha value is 3.19. The first kappa shape index (κ1) is 24.1. The molecular weight excluding hydrogens is 122 g/mol. The monoisotopic (exact) mass is 126 g/mol. The SMILES string of the molecule is C[O-].[K+].[K+].[OH-]. The Morgan fingerprint density at radius 3 is 1.00 bits per heavy atom. The van der Waals surface area contributed by atoms with Crippen molar-refractivity contribution in [1.29, 1.82) is 0 Å². The first-order valence-corrected chi connectivity index (χ1v) is 0.408. The summed E-state index contributed by atoms with van der Waals surface area (Å²) in [5.74, 6) is 0.